The second kappa shape index (κ2) is 4.64. The Hall–Kier alpha value is -1.26. The SMILES string of the molecule is CC(c1cc(O)cc(O)c1)N1CC2CNCC2C1(C)C. The van der Waals surface area contributed by atoms with E-state index in [9.17, 15) is 10.2 Å². The molecule has 0 bridgehead atoms. The van der Waals surface area contributed by atoms with E-state index in [-0.39, 0.29) is 23.1 Å². The number of aromatic hydroxyl groups is 2. The largest absolute Gasteiger partial charge is 0.508 e. The molecule has 4 heteroatoms. The van der Waals surface area contributed by atoms with Crippen LogP contribution in [0.25, 0.3) is 0 Å². The average Bonchev–Trinajstić information content (AvgIpc) is 2.90. The lowest BCUT2D eigenvalue weighted by Gasteiger charge is -2.40. The monoisotopic (exact) mass is 276 g/mol. The number of nitrogens with one attached hydrogen (secondary N) is 1. The molecular weight excluding hydrogens is 252 g/mol. The Balaban J connectivity index is 1.89. The Bertz CT molecular complexity index is 495. The van der Waals surface area contributed by atoms with Crippen molar-refractivity contribution in [2.45, 2.75) is 32.4 Å². The van der Waals surface area contributed by atoms with Crippen LogP contribution in [0.1, 0.15) is 32.4 Å². The zero-order chi connectivity index (χ0) is 14.5. The number of likely N-dealkylation sites (tertiary alicyclic amines) is 1. The minimum atomic E-state index is 0.130. The predicted molar refractivity (Wildman–Crippen MR) is 78.8 cm³/mol. The van der Waals surface area contributed by atoms with E-state index in [2.05, 4.69) is 31.0 Å². The lowest BCUT2D eigenvalue weighted by atomic mass is 9.84. The van der Waals surface area contributed by atoms with Crippen LogP contribution in [-0.2, 0) is 0 Å². The van der Waals surface area contributed by atoms with E-state index >= 15 is 0 Å². The van der Waals surface area contributed by atoms with Crippen molar-refractivity contribution >= 4 is 0 Å². The molecule has 2 fully saturated rings. The number of fused-ring (bicyclic) bond motifs is 1. The zero-order valence-corrected chi connectivity index (χ0v) is 12.4. The Morgan fingerprint density at radius 2 is 1.85 bits per heavy atom. The second-order valence-corrected chi connectivity index (χ2v) is 6.79. The molecule has 3 atom stereocenters. The summed E-state index contributed by atoms with van der Waals surface area (Å²) in [5.74, 6) is 1.64. The highest BCUT2D eigenvalue weighted by atomic mass is 16.3. The predicted octanol–water partition coefficient (Wildman–Crippen LogP) is 2.09. The van der Waals surface area contributed by atoms with Crippen molar-refractivity contribution in [1.82, 2.24) is 10.2 Å². The van der Waals surface area contributed by atoms with Crippen molar-refractivity contribution in [2.75, 3.05) is 19.6 Å². The van der Waals surface area contributed by atoms with E-state index in [1.165, 1.54) is 6.07 Å². The summed E-state index contributed by atoms with van der Waals surface area (Å²) >= 11 is 0. The topological polar surface area (TPSA) is 55.7 Å². The van der Waals surface area contributed by atoms with Gasteiger partial charge in [-0.15, -0.1) is 0 Å². The minimum absolute atomic E-state index is 0.130. The number of benzene rings is 1. The maximum atomic E-state index is 9.69. The van der Waals surface area contributed by atoms with Gasteiger partial charge in [0, 0.05) is 30.7 Å². The molecule has 1 aromatic rings. The van der Waals surface area contributed by atoms with Crippen LogP contribution in [0.2, 0.25) is 0 Å². The van der Waals surface area contributed by atoms with Crippen LogP contribution < -0.4 is 5.32 Å². The van der Waals surface area contributed by atoms with E-state index in [0.29, 0.717) is 11.8 Å². The Labute approximate surface area is 120 Å². The van der Waals surface area contributed by atoms with Gasteiger partial charge in [-0.1, -0.05) is 0 Å². The molecular formula is C16H24N2O2. The van der Waals surface area contributed by atoms with Crippen molar-refractivity contribution in [1.29, 1.82) is 0 Å². The number of rotatable bonds is 2. The molecule has 3 rings (SSSR count). The van der Waals surface area contributed by atoms with Crippen LogP contribution in [0.5, 0.6) is 11.5 Å². The highest BCUT2D eigenvalue weighted by Crippen LogP contribution is 2.45. The van der Waals surface area contributed by atoms with Crippen LogP contribution in [0.3, 0.4) is 0 Å². The highest BCUT2D eigenvalue weighted by molar-refractivity contribution is 5.38. The molecule has 2 heterocycles. The van der Waals surface area contributed by atoms with Gasteiger partial charge in [0.2, 0.25) is 0 Å². The van der Waals surface area contributed by atoms with Gasteiger partial charge < -0.3 is 15.5 Å². The Morgan fingerprint density at radius 3 is 2.45 bits per heavy atom. The van der Waals surface area contributed by atoms with Gasteiger partial charge in [-0.05, 0) is 56.8 Å². The first-order chi connectivity index (χ1) is 9.39. The fourth-order valence-corrected chi connectivity index (χ4v) is 4.15. The minimum Gasteiger partial charge on any atom is -0.508 e. The van der Waals surface area contributed by atoms with Crippen LogP contribution >= 0.6 is 0 Å². The van der Waals surface area contributed by atoms with Gasteiger partial charge in [-0.2, -0.15) is 0 Å². The number of hydrogen-bond acceptors (Lipinski definition) is 4. The maximum Gasteiger partial charge on any atom is 0.119 e. The molecule has 2 aliphatic rings. The highest BCUT2D eigenvalue weighted by Gasteiger charge is 2.50. The summed E-state index contributed by atoms with van der Waals surface area (Å²) in [6.45, 7) is 10.0. The maximum absolute atomic E-state index is 9.69. The van der Waals surface area contributed by atoms with Gasteiger partial charge in [0.15, 0.2) is 0 Å². The van der Waals surface area contributed by atoms with Crippen LogP contribution in [0, 0.1) is 11.8 Å². The quantitative estimate of drug-likeness (QED) is 0.774. The molecule has 0 aliphatic carbocycles. The van der Waals surface area contributed by atoms with Crippen molar-refractivity contribution < 1.29 is 10.2 Å². The fraction of sp³-hybridized carbons (Fsp3) is 0.625. The van der Waals surface area contributed by atoms with Gasteiger partial charge in [-0.25, -0.2) is 0 Å². The summed E-state index contributed by atoms with van der Waals surface area (Å²) in [5, 5.41) is 22.9. The molecule has 0 aromatic heterocycles. The van der Waals surface area contributed by atoms with Crippen molar-refractivity contribution in [3.05, 3.63) is 23.8 Å². The molecule has 0 saturated carbocycles. The first-order valence-corrected chi connectivity index (χ1v) is 7.40. The van der Waals surface area contributed by atoms with Crippen LogP contribution in [0.4, 0.5) is 0 Å². The molecule has 3 N–H and O–H groups in total. The molecule has 0 radical (unpaired) electrons. The third kappa shape index (κ3) is 2.07. The number of phenols is 2. The van der Waals surface area contributed by atoms with Gasteiger partial charge in [0.1, 0.15) is 11.5 Å². The number of phenolic OH excluding ortho intramolecular Hbond substituents is 2. The molecule has 2 saturated heterocycles. The van der Waals surface area contributed by atoms with E-state index in [1.807, 2.05) is 0 Å². The number of nitrogens with zero attached hydrogens (tertiary/aromatic N) is 1. The summed E-state index contributed by atoms with van der Waals surface area (Å²) in [4.78, 5) is 2.51. The van der Waals surface area contributed by atoms with Crippen LogP contribution in [-0.4, -0.2) is 40.3 Å². The van der Waals surface area contributed by atoms with Crippen LogP contribution in [0.15, 0.2) is 18.2 Å². The fourth-order valence-electron chi connectivity index (χ4n) is 4.15. The smallest absolute Gasteiger partial charge is 0.119 e. The summed E-state index contributed by atoms with van der Waals surface area (Å²) < 4.78 is 0. The molecule has 3 unspecified atom stereocenters. The summed E-state index contributed by atoms with van der Waals surface area (Å²) in [6.07, 6.45) is 0. The summed E-state index contributed by atoms with van der Waals surface area (Å²) in [5.41, 5.74) is 1.11. The average molecular weight is 276 g/mol. The first kappa shape index (κ1) is 13.7. The second-order valence-electron chi connectivity index (χ2n) is 6.79. The summed E-state index contributed by atoms with van der Waals surface area (Å²) in [7, 11) is 0. The van der Waals surface area contributed by atoms with E-state index in [4.69, 9.17) is 0 Å². The Kier molecular flexibility index (Phi) is 3.18. The van der Waals surface area contributed by atoms with Gasteiger partial charge in [0.05, 0.1) is 0 Å². The molecule has 4 nitrogen and oxygen atoms in total. The molecule has 0 spiro atoms. The molecule has 20 heavy (non-hydrogen) atoms. The van der Waals surface area contributed by atoms with Crippen molar-refractivity contribution in [2.24, 2.45) is 11.8 Å². The third-order valence-electron chi connectivity index (χ3n) is 5.29. The first-order valence-electron chi connectivity index (χ1n) is 7.40. The van der Waals surface area contributed by atoms with Crippen molar-refractivity contribution in [3.63, 3.8) is 0 Å². The van der Waals surface area contributed by atoms with E-state index in [0.717, 1.165) is 25.2 Å². The van der Waals surface area contributed by atoms with E-state index in [1.54, 1.807) is 12.1 Å². The number of hydrogen-bond donors (Lipinski definition) is 3. The molecule has 110 valence electrons. The lowest BCUT2D eigenvalue weighted by Crippen LogP contribution is -2.45. The summed E-state index contributed by atoms with van der Waals surface area (Å²) in [6, 6.07) is 5.08. The standard InChI is InChI=1S/C16H24N2O2/c1-10(11-4-13(19)6-14(20)5-11)18-9-12-7-17-8-15(12)16(18,2)3/h4-6,10,12,15,17,19-20H,7-9H2,1-3H3. The lowest BCUT2D eigenvalue weighted by molar-refractivity contribution is 0.0968. The van der Waals surface area contributed by atoms with E-state index < -0.39 is 0 Å². The molecule has 2 aliphatic heterocycles. The zero-order valence-electron chi connectivity index (χ0n) is 12.4. The third-order valence-corrected chi connectivity index (χ3v) is 5.29. The Morgan fingerprint density at radius 1 is 1.20 bits per heavy atom. The van der Waals surface area contributed by atoms with Gasteiger partial charge in [0.25, 0.3) is 0 Å². The molecule has 0 amide bonds. The molecule has 1 aromatic carbocycles. The van der Waals surface area contributed by atoms with Gasteiger partial charge >= 0.3 is 0 Å². The normalized spacial score (nSPS) is 30.4. The van der Waals surface area contributed by atoms with Crippen molar-refractivity contribution in [3.8, 4) is 11.5 Å². The van der Waals surface area contributed by atoms with Gasteiger partial charge in [-0.3, -0.25) is 4.90 Å².